The molecule has 1 aromatic rings. The quantitative estimate of drug-likeness (QED) is 0.668. The van der Waals surface area contributed by atoms with Crippen LogP contribution < -0.4 is 16.8 Å². The van der Waals surface area contributed by atoms with Crippen molar-refractivity contribution >= 4 is 17.4 Å². The number of nitrogen functional groups attached to an aromatic ring is 1. The molecule has 0 aliphatic heterocycles. The van der Waals surface area contributed by atoms with Crippen LogP contribution in [0, 0.1) is 17.8 Å². The summed E-state index contributed by atoms with van der Waals surface area (Å²) in [6.45, 7) is 0. The summed E-state index contributed by atoms with van der Waals surface area (Å²) in [5.41, 5.74) is 11.8. The van der Waals surface area contributed by atoms with Crippen molar-refractivity contribution in [3.8, 4) is 0 Å². The maximum absolute atomic E-state index is 11.6. The molecular weight excluding hydrogens is 280 g/mol. The first kappa shape index (κ1) is 13.8. The summed E-state index contributed by atoms with van der Waals surface area (Å²) in [5.74, 6) is 1.42. The number of rotatable bonds is 3. The van der Waals surface area contributed by atoms with Crippen molar-refractivity contribution in [1.29, 1.82) is 0 Å². The maximum atomic E-state index is 11.6. The Bertz CT molecular complexity index is 617. The second-order valence-corrected chi connectivity index (χ2v) is 7.38. The molecule has 5 rings (SSSR count). The van der Waals surface area contributed by atoms with Gasteiger partial charge in [-0.05, 0) is 49.9 Å². The Hall–Kier alpha value is -1.82. The SMILES string of the molecule is NC(=O)c1cnc(N)cc1NC1[C@@H]2CC3C[C@H]1CC(O)(C3)C2. The minimum absolute atomic E-state index is 0.275. The van der Waals surface area contributed by atoms with E-state index < -0.39 is 11.5 Å². The van der Waals surface area contributed by atoms with E-state index in [9.17, 15) is 9.90 Å². The van der Waals surface area contributed by atoms with Crippen molar-refractivity contribution in [2.24, 2.45) is 23.5 Å². The standard InChI is InChI=1S/C16H22N4O2/c17-13-3-12(11(7-19-13)15(18)21)20-14-9-1-8-2-10(14)6-16(22,4-8)5-9/h3,7-10,14,22H,1-2,4-6H2,(H2,18,21)(H3,17,19,20)/t8?,9-,10+,14?,16?. The van der Waals surface area contributed by atoms with Crippen molar-refractivity contribution in [1.82, 2.24) is 4.98 Å². The molecule has 4 bridgehead atoms. The fraction of sp³-hybridized carbons (Fsp3) is 0.625. The number of carbonyl (C=O) groups excluding carboxylic acids is 1. The predicted molar refractivity (Wildman–Crippen MR) is 83.1 cm³/mol. The molecule has 4 saturated carbocycles. The first-order chi connectivity index (χ1) is 10.4. The summed E-state index contributed by atoms with van der Waals surface area (Å²) in [6.07, 6.45) is 6.41. The van der Waals surface area contributed by atoms with Crippen LogP contribution >= 0.6 is 0 Å². The van der Waals surface area contributed by atoms with Gasteiger partial charge in [-0.3, -0.25) is 4.79 Å². The highest BCUT2D eigenvalue weighted by molar-refractivity contribution is 5.98. The molecule has 5 atom stereocenters. The third kappa shape index (κ3) is 2.13. The van der Waals surface area contributed by atoms with Crippen LogP contribution in [0.15, 0.2) is 12.3 Å². The summed E-state index contributed by atoms with van der Waals surface area (Å²) in [7, 11) is 0. The van der Waals surface area contributed by atoms with Gasteiger partial charge >= 0.3 is 0 Å². The molecule has 1 heterocycles. The van der Waals surface area contributed by atoms with Gasteiger partial charge in [0.2, 0.25) is 0 Å². The summed E-state index contributed by atoms with van der Waals surface area (Å²) in [4.78, 5) is 15.5. The topological polar surface area (TPSA) is 114 Å². The summed E-state index contributed by atoms with van der Waals surface area (Å²) < 4.78 is 0. The van der Waals surface area contributed by atoms with Crippen molar-refractivity contribution in [2.75, 3.05) is 11.1 Å². The lowest BCUT2D eigenvalue weighted by molar-refractivity contribution is -0.129. The van der Waals surface area contributed by atoms with E-state index in [2.05, 4.69) is 10.3 Å². The van der Waals surface area contributed by atoms with E-state index >= 15 is 0 Å². The first-order valence-corrected chi connectivity index (χ1v) is 7.98. The molecule has 0 aromatic carbocycles. The molecule has 1 amide bonds. The van der Waals surface area contributed by atoms with Gasteiger partial charge in [-0.15, -0.1) is 0 Å². The summed E-state index contributed by atoms with van der Waals surface area (Å²) in [6, 6.07) is 1.96. The monoisotopic (exact) mass is 302 g/mol. The van der Waals surface area contributed by atoms with Crippen LogP contribution in [0.1, 0.15) is 42.5 Å². The van der Waals surface area contributed by atoms with Crippen molar-refractivity contribution in [3.63, 3.8) is 0 Å². The summed E-state index contributed by atoms with van der Waals surface area (Å²) >= 11 is 0. The van der Waals surface area contributed by atoms with Gasteiger partial charge in [0.1, 0.15) is 5.82 Å². The van der Waals surface area contributed by atoms with Crippen LogP contribution in [0.25, 0.3) is 0 Å². The second-order valence-electron chi connectivity index (χ2n) is 7.38. The number of hydrogen-bond donors (Lipinski definition) is 4. The number of nitrogens with two attached hydrogens (primary N) is 2. The number of amides is 1. The minimum atomic E-state index is -0.502. The number of nitrogens with zero attached hydrogens (tertiary/aromatic N) is 1. The number of aromatic nitrogens is 1. The average molecular weight is 302 g/mol. The van der Waals surface area contributed by atoms with Crippen LogP contribution in [0.5, 0.6) is 0 Å². The third-order valence-corrected chi connectivity index (χ3v) is 5.75. The molecule has 4 aliphatic rings. The molecular formula is C16H22N4O2. The van der Waals surface area contributed by atoms with Gasteiger partial charge < -0.3 is 21.9 Å². The Morgan fingerprint density at radius 3 is 2.59 bits per heavy atom. The lowest BCUT2D eigenvalue weighted by Gasteiger charge is -2.58. The van der Waals surface area contributed by atoms with E-state index in [0.29, 0.717) is 34.8 Å². The zero-order chi connectivity index (χ0) is 15.5. The molecule has 0 spiro atoms. The highest BCUT2D eigenvalue weighted by Crippen LogP contribution is 2.56. The van der Waals surface area contributed by atoms with Gasteiger partial charge in [0.25, 0.3) is 5.91 Å². The zero-order valence-electron chi connectivity index (χ0n) is 12.5. The van der Waals surface area contributed by atoms with Gasteiger partial charge in [0.15, 0.2) is 0 Å². The van der Waals surface area contributed by atoms with E-state index in [-0.39, 0.29) is 6.04 Å². The first-order valence-electron chi connectivity index (χ1n) is 7.98. The van der Waals surface area contributed by atoms with Crippen LogP contribution in [-0.2, 0) is 0 Å². The molecule has 6 heteroatoms. The van der Waals surface area contributed by atoms with Crippen LogP contribution in [0.4, 0.5) is 11.5 Å². The molecule has 22 heavy (non-hydrogen) atoms. The molecule has 6 nitrogen and oxygen atoms in total. The minimum Gasteiger partial charge on any atom is -0.390 e. The molecule has 4 fully saturated rings. The number of primary amides is 1. The largest absolute Gasteiger partial charge is 0.390 e. The molecule has 4 aliphatic carbocycles. The van der Waals surface area contributed by atoms with E-state index in [1.54, 1.807) is 6.07 Å². The third-order valence-electron chi connectivity index (χ3n) is 5.75. The predicted octanol–water partition coefficient (Wildman–Crippen LogP) is 1.11. The number of carbonyl (C=O) groups is 1. The van der Waals surface area contributed by atoms with Crippen LogP contribution in [0.3, 0.4) is 0 Å². The van der Waals surface area contributed by atoms with Gasteiger partial charge in [0, 0.05) is 18.3 Å². The number of aliphatic hydroxyl groups is 1. The smallest absolute Gasteiger partial charge is 0.252 e. The van der Waals surface area contributed by atoms with Crippen LogP contribution in [-0.4, -0.2) is 27.6 Å². The Morgan fingerprint density at radius 1 is 1.32 bits per heavy atom. The van der Waals surface area contributed by atoms with Crippen molar-refractivity contribution < 1.29 is 9.90 Å². The fourth-order valence-electron chi connectivity index (χ4n) is 5.18. The molecule has 1 aromatic heterocycles. The van der Waals surface area contributed by atoms with E-state index in [4.69, 9.17) is 11.5 Å². The van der Waals surface area contributed by atoms with Gasteiger partial charge in [-0.25, -0.2) is 4.98 Å². The van der Waals surface area contributed by atoms with Gasteiger partial charge in [-0.2, -0.15) is 0 Å². The maximum Gasteiger partial charge on any atom is 0.252 e. The molecule has 6 N–H and O–H groups in total. The van der Waals surface area contributed by atoms with Crippen molar-refractivity contribution in [3.05, 3.63) is 17.8 Å². The fourth-order valence-corrected chi connectivity index (χ4v) is 5.18. The zero-order valence-corrected chi connectivity index (χ0v) is 12.5. The van der Waals surface area contributed by atoms with Crippen molar-refractivity contribution in [2.45, 2.75) is 43.7 Å². The normalized spacial score (nSPS) is 39.0. The van der Waals surface area contributed by atoms with Gasteiger partial charge in [0.05, 0.1) is 16.9 Å². The van der Waals surface area contributed by atoms with E-state index in [0.717, 1.165) is 32.1 Å². The Kier molecular flexibility index (Phi) is 2.88. The second kappa shape index (κ2) is 4.59. The molecule has 118 valence electrons. The highest BCUT2D eigenvalue weighted by atomic mass is 16.3. The summed E-state index contributed by atoms with van der Waals surface area (Å²) in [5, 5.41) is 14.1. The van der Waals surface area contributed by atoms with E-state index in [1.165, 1.54) is 6.20 Å². The number of anilines is 2. The number of hydrogen-bond acceptors (Lipinski definition) is 5. The molecule has 3 unspecified atom stereocenters. The van der Waals surface area contributed by atoms with Crippen LogP contribution in [0.2, 0.25) is 0 Å². The number of pyridine rings is 1. The average Bonchev–Trinajstić information content (AvgIpc) is 2.40. The lowest BCUT2D eigenvalue weighted by atomic mass is 9.52. The Labute approximate surface area is 129 Å². The van der Waals surface area contributed by atoms with E-state index in [1.807, 2.05) is 0 Å². The Balaban J connectivity index is 1.62. The Morgan fingerprint density at radius 2 is 2.00 bits per heavy atom. The highest BCUT2D eigenvalue weighted by Gasteiger charge is 2.54. The number of nitrogens with one attached hydrogen (secondary N) is 1. The molecule has 0 radical (unpaired) electrons. The lowest BCUT2D eigenvalue weighted by Crippen LogP contribution is -2.59. The van der Waals surface area contributed by atoms with Gasteiger partial charge in [-0.1, -0.05) is 0 Å². The molecule has 0 saturated heterocycles.